The van der Waals surface area contributed by atoms with E-state index in [1.807, 2.05) is 54.6 Å². The molecule has 2 saturated carbocycles. The number of amides is 1. The van der Waals surface area contributed by atoms with E-state index >= 15 is 0 Å². The highest BCUT2D eigenvalue weighted by atomic mass is 79.9. The van der Waals surface area contributed by atoms with Gasteiger partial charge >= 0.3 is 5.97 Å². The number of nitrogens with zero attached hydrogens (tertiary/aromatic N) is 1. The largest absolute Gasteiger partial charge is 0.466 e. The highest BCUT2D eigenvalue weighted by molar-refractivity contribution is 9.10. The number of hydrogen-bond donors (Lipinski definition) is 0. The van der Waals surface area contributed by atoms with Gasteiger partial charge in [-0.15, -0.1) is 0 Å². The fourth-order valence-corrected chi connectivity index (χ4v) is 6.14. The zero-order valence-corrected chi connectivity index (χ0v) is 18.9. The molecule has 2 aliphatic carbocycles. The number of benzene rings is 2. The quantitative estimate of drug-likeness (QED) is 0.490. The Bertz CT molecular complexity index is 1140. The third kappa shape index (κ3) is 2.64. The second-order valence-electron chi connectivity index (χ2n) is 8.39. The highest BCUT2D eigenvalue weighted by Crippen LogP contribution is 2.65. The van der Waals surface area contributed by atoms with E-state index in [0.29, 0.717) is 12.0 Å². The van der Waals surface area contributed by atoms with E-state index < -0.39 is 23.2 Å². The van der Waals surface area contributed by atoms with Gasteiger partial charge in [-0.1, -0.05) is 46.3 Å². The van der Waals surface area contributed by atoms with Crippen LogP contribution in [0.3, 0.4) is 0 Å². The molecular weight excluding hydrogens is 458 g/mol. The van der Waals surface area contributed by atoms with E-state index in [-0.39, 0.29) is 24.2 Å². The van der Waals surface area contributed by atoms with E-state index in [1.54, 1.807) is 18.9 Å². The van der Waals surface area contributed by atoms with Gasteiger partial charge in [-0.3, -0.25) is 14.4 Å². The molecule has 2 fully saturated rings. The van der Waals surface area contributed by atoms with Gasteiger partial charge in [-0.05, 0) is 48.7 Å². The summed E-state index contributed by atoms with van der Waals surface area (Å²) in [5, 5.41) is 0. The summed E-state index contributed by atoms with van der Waals surface area (Å²) < 4.78 is 6.35. The molecule has 2 aromatic rings. The van der Waals surface area contributed by atoms with Crippen LogP contribution in [0.4, 0.5) is 5.69 Å². The predicted octanol–water partition coefficient (Wildman–Crippen LogP) is 4.15. The first-order chi connectivity index (χ1) is 14.9. The van der Waals surface area contributed by atoms with Crippen LogP contribution in [0.2, 0.25) is 0 Å². The number of hydrogen-bond acceptors (Lipinski definition) is 4. The molecule has 5 nitrogen and oxygen atoms in total. The molecule has 0 unspecified atom stereocenters. The van der Waals surface area contributed by atoms with Gasteiger partial charge in [0.25, 0.3) is 0 Å². The standard InChI is InChI=1S/C25H22BrNO4/c1-3-31-23(29)21-17-13-19(16(22(17)28)12-14-8-10-15(26)11-9-14)25(21)18-6-4-5-7-20(18)27(2)24(25)30/h4-12,17,19,21H,3,13H2,1-2H3/b16-12+/t17-,19-,21-,25+/m0/s1. The molecule has 2 bridgehead atoms. The number of fused-ring (bicyclic) bond motifs is 5. The molecule has 158 valence electrons. The third-order valence-electron chi connectivity index (χ3n) is 7.03. The van der Waals surface area contributed by atoms with Crippen LogP contribution in [0.1, 0.15) is 24.5 Å². The molecule has 5 rings (SSSR count). The monoisotopic (exact) mass is 479 g/mol. The lowest BCUT2D eigenvalue weighted by Crippen LogP contribution is -2.54. The lowest BCUT2D eigenvalue weighted by molar-refractivity contribution is -0.156. The molecule has 1 spiro atoms. The Hall–Kier alpha value is -2.73. The minimum absolute atomic E-state index is 0.0450. The first-order valence-corrected chi connectivity index (χ1v) is 11.3. The molecule has 0 radical (unpaired) electrons. The number of carbonyl (C=O) groups excluding carboxylic acids is 3. The number of rotatable bonds is 3. The summed E-state index contributed by atoms with van der Waals surface area (Å²) in [5.41, 5.74) is 2.05. The Labute approximate surface area is 189 Å². The number of anilines is 1. The van der Waals surface area contributed by atoms with Gasteiger partial charge < -0.3 is 9.64 Å². The number of carbonyl (C=O) groups is 3. The molecule has 2 aromatic carbocycles. The molecule has 0 N–H and O–H groups in total. The number of halogens is 1. The number of ketones is 1. The molecule has 1 amide bonds. The smallest absolute Gasteiger partial charge is 0.311 e. The number of allylic oxidation sites excluding steroid dienone is 1. The van der Waals surface area contributed by atoms with E-state index in [4.69, 9.17) is 4.74 Å². The Morgan fingerprint density at radius 1 is 1.19 bits per heavy atom. The van der Waals surface area contributed by atoms with Crippen molar-refractivity contribution < 1.29 is 19.1 Å². The van der Waals surface area contributed by atoms with E-state index in [9.17, 15) is 14.4 Å². The van der Waals surface area contributed by atoms with Crippen LogP contribution in [-0.4, -0.2) is 31.3 Å². The minimum atomic E-state index is -1.10. The Balaban J connectivity index is 1.71. The summed E-state index contributed by atoms with van der Waals surface area (Å²) in [7, 11) is 1.74. The van der Waals surface area contributed by atoms with Crippen LogP contribution in [0.5, 0.6) is 0 Å². The van der Waals surface area contributed by atoms with Crippen molar-refractivity contribution in [3.05, 3.63) is 69.7 Å². The number of Topliss-reactive ketones (excluding diaryl/α,β-unsaturated/α-hetero) is 1. The third-order valence-corrected chi connectivity index (χ3v) is 7.56. The maximum Gasteiger partial charge on any atom is 0.311 e. The Morgan fingerprint density at radius 2 is 1.90 bits per heavy atom. The molecule has 6 heteroatoms. The molecular formula is C25H22BrNO4. The maximum atomic E-state index is 13.8. The van der Waals surface area contributed by atoms with Crippen LogP contribution in [0, 0.1) is 17.8 Å². The number of esters is 1. The SMILES string of the molecule is CCOC(=O)[C@@H]1[C@@H]2C[C@@H](/C(=C\c3ccc(Br)cc3)C2=O)[C@@]12C(=O)N(C)c1ccccc12. The zero-order valence-electron chi connectivity index (χ0n) is 17.3. The molecule has 4 atom stereocenters. The first-order valence-electron chi connectivity index (χ1n) is 10.5. The van der Waals surface area contributed by atoms with Crippen LogP contribution in [-0.2, 0) is 24.5 Å². The molecule has 0 saturated heterocycles. The van der Waals surface area contributed by atoms with Crippen molar-refractivity contribution in [1.29, 1.82) is 0 Å². The van der Waals surface area contributed by atoms with Crippen molar-refractivity contribution in [3.63, 3.8) is 0 Å². The van der Waals surface area contributed by atoms with Gasteiger partial charge in [0.1, 0.15) is 0 Å². The topological polar surface area (TPSA) is 63.7 Å². The van der Waals surface area contributed by atoms with Crippen LogP contribution < -0.4 is 4.90 Å². The van der Waals surface area contributed by atoms with E-state index in [0.717, 1.165) is 21.3 Å². The highest BCUT2D eigenvalue weighted by Gasteiger charge is 2.73. The maximum absolute atomic E-state index is 13.8. The van der Waals surface area contributed by atoms with Crippen molar-refractivity contribution in [2.45, 2.75) is 18.8 Å². The summed E-state index contributed by atoms with van der Waals surface area (Å²) in [4.78, 5) is 42.0. The second-order valence-corrected chi connectivity index (χ2v) is 9.31. The van der Waals surface area contributed by atoms with Crippen molar-refractivity contribution in [1.82, 2.24) is 0 Å². The van der Waals surface area contributed by atoms with Crippen molar-refractivity contribution >= 4 is 45.4 Å². The van der Waals surface area contributed by atoms with Gasteiger partial charge in [0.05, 0.1) is 17.9 Å². The van der Waals surface area contributed by atoms with Crippen molar-refractivity contribution in [3.8, 4) is 0 Å². The molecule has 1 heterocycles. The first kappa shape index (κ1) is 20.2. The number of ether oxygens (including phenoxy) is 1. The average Bonchev–Trinajstić information content (AvgIpc) is 3.35. The summed E-state index contributed by atoms with van der Waals surface area (Å²) in [5.74, 6) is -2.34. The summed E-state index contributed by atoms with van der Waals surface area (Å²) in [6, 6.07) is 15.3. The molecule has 0 aromatic heterocycles. The lowest BCUT2D eigenvalue weighted by atomic mass is 9.60. The summed E-state index contributed by atoms with van der Waals surface area (Å²) in [6.07, 6.45) is 2.37. The fraction of sp³-hybridized carbons (Fsp3) is 0.320. The summed E-state index contributed by atoms with van der Waals surface area (Å²) >= 11 is 3.43. The van der Waals surface area contributed by atoms with Crippen LogP contribution in [0.15, 0.2) is 58.6 Å². The van der Waals surface area contributed by atoms with E-state index in [1.165, 1.54) is 0 Å². The second kappa shape index (κ2) is 7.16. The number of likely N-dealkylation sites (N-methyl/N-ethyl adjacent to an activating group) is 1. The van der Waals surface area contributed by atoms with Gasteiger partial charge in [0.2, 0.25) is 5.91 Å². The van der Waals surface area contributed by atoms with Gasteiger partial charge in [0, 0.05) is 34.6 Å². The Morgan fingerprint density at radius 3 is 2.61 bits per heavy atom. The fourth-order valence-electron chi connectivity index (χ4n) is 5.87. The Kier molecular flexibility index (Phi) is 4.66. The van der Waals surface area contributed by atoms with Crippen LogP contribution >= 0.6 is 15.9 Å². The van der Waals surface area contributed by atoms with Gasteiger partial charge in [-0.25, -0.2) is 0 Å². The predicted molar refractivity (Wildman–Crippen MR) is 120 cm³/mol. The van der Waals surface area contributed by atoms with E-state index in [2.05, 4.69) is 15.9 Å². The van der Waals surface area contributed by atoms with Gasteiger partial charge in [-0.2, -0.15) is 0 Å². The van der Waals surface area contributed by atoms with Gasteiger partial charge in [0.15, 0.2) is 5.78 Å². The average molecular weight is 480 g/mol. The summed E-state index contributed by atoms with van der Waals surface area (Å²) in [6.45, 7) is 1.96. The molecule has 3 aliphatic rings. The minimum Gasteiger partial charge on any atom is -0.466 e. The molecule has 1 aliphatic heterocycles. The number of para-hydroxylation sites is 1. The van der Waals surface area contributed by atoms with Crippen molar-refractivity contribution in [2.75, 3.05) is 18.6 Å². The van der Waals surface area contributed by atoms with Crippen LogP contribution in [0.25, 0.3) is 6.08 Å². The zero-order chi connectivity index (χ0) is 21.9. The normalized spacial score (nSPS) is 29.8. The van der Waals surface area contributed by atoms with Crippen molar-refractivity contribution in [2.24, 2.45) is 17.8 Å². The molecule has 31 heavy (non-hydrogen) atoms. The lowest BCUT2D eigenvalue weighted by Gasteiger charge is -2.39.